The first-order valence-electron chi connectivity index (χ1n) is 11.5. The van der Waals surface area contributed by atoms with Crippen molar-refractivity contribution in [2.75, 3.05) is 13.1 Å². The largest absolute Gasteiger partial charge is 0.352 e. The van der Waals surface area contributed by atoms with Crippen LogP contribution in [-0.2, 0) is 4.79 Å². The Morgan fingerprint density at radius 2 is 1.70 bits per heavy atom. The lowest BCUT2D eigenvalue weighted by Crippen LogP contribution is -2.55. The predicted molar refractivity (Wildman–Crippen MR) is 125 cm³/mol. The molecule has 6 nitrogen and oxygen atoms in total. The summed E-state index contributed by atoms with van der Waals surface area (Å²) in [4.78, 5) is 40.4. The number of carbonyl (C=O) groups excluding carboxylic acids is 3. The van der Waals surface area contributed by atoms with Gasteiger partial charge in [0.15, 0.2) is 0 Å². The van der Waals surface area contributed by atoms with Crippen molar-refractivity contribution < 1.29 is 18.8 Å². The van der Waals surface area contributed by atoms with Crippen LogP contribution in [0.15, 0.2) is 48.5 Å². The molecule has 2 aromatic carbocycles. The number of nitrogens with one attached hydrogen (secondary N) is 2. The van der Waals surface area contributed by atoms with Gasteiger partial charge in [0.05, 0.1) is 0 Å². The summed E-state index contributed by atoms with van der Waals surface area (Å²) in [7, 11) is 0. The monoisotopic (exact) mass is 453 g/mol. The van der Waals surface area contributed by atoms with E-state index in [1.54, 1.807) is 23.1 Å². The Bertz CT molecular complexity index is 1000. The van der Waals surface area contributed by atoms with Gasteiger partial charge in [-0.15, -0.1) is 0 Å². The van der Waals surface area contributed by atoms with E-state index in [0.29, 0.717) is 37.1 Å². The van der Waals surface area contributed by atoms with Crippen molar-refractivity contribution >= 4 is 17.7 Å². The topological polar surface area (TPSA) is 78.5 Å². The molecule has 3 rings (SSSR count). The van der Waals surface area contributed by atoms with Gasteiger partial charge < -0.3 is 15.5 Å². The van der Waals surface area contributed by atoms with Crippen LogP contribution >= 0.6 is 0 Å². The van der Waals surface area contributed by atoms with Crippen molar-refractivity contribution in [3.63, 3.8) is 0 Å². The summed E-state index contributed by atoms with van der Waals surface area (Å²) in [6.45, 7) is 6.70. The fourth-order valence-electron chi connectivity index (χ4n) is 4.08. The number of likely N-dealkylation sites (tertiary alicyclic amines) is 1. The molecule has 1 saturated heterocycles. The van der Waals surface area contributed by atoms with Crippen LogP contribution in [0, 0.1) is 18.7 Å². The van der Waals surface area contributed by atoms with E-state index in [-0.39, 0.29) is 29.7 Å². The number of aryl methyl sites for hydroxylation is 1. The normalized spacial score (nSPS) is 16.1. The number of amides is 3. The molecular weight excluding hydrogens is 421 g/mol. The third-order valence-corrected chi connectivity index (χ3v) is 6.22. The highest BCUT2D eigenvalue weighted by molar-refractivity contribution is 5.98. The molecule has 0 radical (unpaired) electrons. The van der Waals surface area contributed by atoms with Crippen LogP contribution < -0.4 is 10.6 Å². The third-order valence-electron chi connectivity index (χ3n) is 6.22. The number of benzene rings is 2. The van der Waals surface area contributed by atoms with Gasteiger partial charge in [0.25, 0.3) is 11.8 Å². The maximum atomic E-state index is 13.5. The van der Waals surface area contributed by atoms with Crippen molar-refractivity contribution in [3.05, 3.63) is 71.0 Å². The summed E-state index contributed by atoms with van der Waals surface area (Å²) in [5, 5.41) is 5.92. The summed E-state index contributed by atoms with van der Waals surface area (Å²) < 4.78 is 13.5. The summed E-state index contributed by atoms with van der Waals surface area (Å²) in [6.07, 6.45) is 1.91. The molecule has 33 heavy (non-hydrogen) atoms. The Morgan fingerprint density at radius 3 is 2.33 bits per heavy atom. The van der Waals surface area contributed by atoms with E-state index in [2.05, 4.69) is 10.6 Å². The second-order valence-corrected chi connectivity index (χ2v) is 8.78. The molecule has 1 fully saturated rings. The van der Waals surface area contributed by atoms with E-state index >= 15 is 0 Å². The third kappa shape index (κ3) is 6.40. The van der Waals surface area contributed by atoms with E-state index in [0.717, 1.165) is 12.0 Å². The highest BCUT2D eigenvalue weighted by Gasteiger charge is 2.34. The zero-order valence-corrected chi connectivity index (χ0v) is 19.4. The molecule has 3 amide bonds. The Kier molecular flexibility index (Phi) is 8.20. The van der Waals surface area contributed by atoms with Crippen LogP contribution in [0.25, 0.3) is 0 Å². The van der Waals surface area contributed by atoms with Crippen LogP contribution in [0.3, 0.4) is 0 Å². The second-order valence-electron chi connectivity index (χ2n) is 8.78. The molecule has 2 N–H and O–H groups in total. The van der Waals surface area contributed by atoms with Crippen LogP contribution in [0.4, 0.5) is 4.39 Å². The van der Waals surface area contributed by atoms with E-state index < -0.39 is 11.9 Å². The van der Waals surface area contributed by atoms with Gasteiger partial charge in [-0.1, -0.05) is 30.7 Å². The molecular formula is C26H32FN3O3. The van der Waals surface area contributed by atoms with E-state index in [9.17, 15) is 18.8 Å². The van der Waals surface area contributed by atoms with Gasteiger partial charge in [-0.3, -0.25) is 14.4 Å². The molecule has 0 unspecified atom stereocenters. The van der Waals surface area contributed by atoms with Crippen molar-refractivity contribution in [3.8, 4) is 0 Å². The molecule has 1 aliphatic rings. The number of halogens is 1. The number of carbonyl (C=O) groups is 3. The van der Waals surface area contributed by atoms with Crippen LogP contribution in [-0.4, -0.2) is 47.8 Å². The Labute approximate surface area is 194 Å². The number of hydrogen-bond acceptors (Lipinski definition) is 3. The lowest BCUT2D eigenvalue weighted by molar-refractivity contribution is -0.125. The van der Waals surface area contributed by atoms with Gasteiger partial charge in [0.1, 0.15) is 11.9 Å². The molecule has 0 spiro atoms. The van der Waals surface area contributed by atoms with E-state index in [1.165, 1.54) is 18.2 Å². The molecule has 0 aromatic heterocycles. The molecule has 2 atom stereocenters. The predicted octanol–water partition coefficient (Wildman–Crippen LogP) is 3.70. The molecule has 0 saturated carbocycles. The average Bonchev–Trinajstić information content (AvgIpc) is 2.81. The molecule has 1 heterocycles. The maximum absolute atomic E-state index is 13.5. The molecule has 0 bridgehead atoms. The van der Waals surface area contributed by atoms with Crippen molar-refractivity contribution in [1.82, 2.24) is 15.5 Å². The zero-order chi connectivity index (χ0) is 24.0. The second kappa shape index (κ2) is 11.1. The average molecular weight is 454 g/mol. The lowest BCUT2D eigenvalue weighted by Gasteiger charge is -2.36. The Hall–Kier alpha value is -3.22. The number of rotatable bonds is 7. The number of piperidine rings is 1. The Balaban J connectivity index is 1.71. The van der Waals surface area contributed by atoms with Gasteiger partial charge in [-0.05, 0) is 69.4 Å². The summed E-state index contributed by atoms with van der Waals surface area (Å²) in [6, 6.07) is 12.2. The van der Waals surface area contributed by atoms with Gasteiger partial charge in [0.2, 0.25) is 5.91 Å². The van der Waals surface area contributed by atoms with Crippen molar-refractivity contribution in [1.29, 1.82) is 0 Å². The molecule has 7 heteroatoms. The maximum Gasteiger partial charge on any atom is 0.253 e. The van der Waals surface area contributed by atoms with Crippen molar-refractivity contribution in [2.24, 2.45) is 5.92 Å². The summed E-state index contributed by atoms with van der Waals surface area (Å²) in [5.74, 6) is -1.28. The van der Waals surface area contributed by atoms with Crippen LogP contribution in [0.2, 0.25) is 0 Å². The first-order valence-corrected chi connectivity index (χ1v) is 11.5. The molecule has 176 valence electrons. The first-order chi connectivity index (χ1) is 15.8. The van der Waals surface area contributed by atoms with Gasteiger partial charge in [0, 0.05) is 30.3 Å². The minimum atomic E-state index is -0.696. The van der Waals surface area contributed by atoms with Gasteiger partial charge in [-0.25, -0.2) is 4.39 Å². The minimum absolute atomic E-state index is 0.00878. The van der Waals surface area contributed by atoms with E-state index in [1.807, 2.05) is 32.9 Å². The fraction of sp³-hybridized carbons (Fsp3) is 0.423. The van der Waals surface area contributed by atoms with Crippen LogP contribution in [0.5, 0.6) is 0 Å². The van der Waals surface area contributed by atoms with Crippen molar-refractivity contribution in [2.45, 2.75) is 52.1 Å². The summed E-state index contributed by atoms with van der Waals surface area (Å²) in [5.41, 5.74) is 1.79. The highest BCUT2D eigenvalue weighted by atomic mass is 19.1. The van der Waals surface area contributed by atoms with Crippen LogP contribution in [0.1, 0.15) is 59.4 Å². The number of hydrogen-bond donors (Lipinski definition) is 2. The summed E-state index contributed by atoms with van der Waals surface area (Å²) >= 11 is 0. The standard InChI is InChI=1S/C26H32FN3O3/c1-4-18(3)28-25(32)23(29-24(31)20-8-5-7-17(2)15-20)19-11-13-30(14-12-19)26(33)21-9-6-10-22(27)16-21/h5-10,15-16,18-19,23H,4,11-14H2,1-3H3,(H,28,32)(H,29,31)/t18-,23+/m0/s1. The minimum Gasteiger partial charge on any atom is -0.352 e. The SMILES string of the molecule is CC[C@H](C)NC(=O)[C@H](NC(=O)c1cccc(C)c1)C1CCN(C(=O)c2cccc(F)c2)CC1. The fourth-order valence-corrected chi connectivity index (χ4v) is 4.08. The van der Waals surface area contributed by atoms with E-state index in [4.69, 9.17) is 0 Å². The smallest absolute Gasteiger partial charge is 0.253 e. The zero-order valence-electron chi connectivity index (χ0n) is 19.4. The molecule has 1 aliphatic heterocycles. The number of nitrogens with zero attached hydrogens (tertiary/aromatic N) is 1. The molecule has 2 aromatic rings. The lowest BCUT2D eigenvalue weighted by atomic mass is 9.88. The van der Waals surface area contributed by atoms with Gasteiger partial charge >= 0.3 is 0 Å². The molecule has 0 aliphatic carbocycles. The van der Waals surface area contributed by atoms with Gasteiger partial charge in [-0.2, -0.15) is 0 Å². The Morgan fingerprint density at radius 1 is 1.03 bits per heavy atom. The quantitative estimate of drug-likeness (QED) is 0.671. The highest BCUT2D eigenvalue weighted by Crippen LogP contribution is 2.23. The first kappa shape index (κ1) is 24.4.